The van der Waals surface area contributed by atoms with Gasteiger partial charge >= 0.3 is 0 Å². The van der Waals surface area contributed by atoms with E-state index in [4.69, 9.17) is 9.97 Å². The Kier molecular flexibility index (Phi) is 6.19. The number of hydrogen-bond acceptors (Lipinski definition) is 4. The lowest BCUT2D eigenvalue weighted by Crippen LogP contribution is -2.74. The molecule has 0 saturated carbocycles. The predicted molar refractivity (Wildman–Crippen MR) is 152 cm³/mol. The van der Waals surface area contributed by atoms with E-state index >= 15 is 0 Å². The Hall–Kier alpha value is -4.74. The van der Waals surface area contributed by atoms with Crippen LogP contribution in [-0.4, -0.2) is 28.0 Å². The minimum Gasteiger partial charge on any atom is -0.264 e. The second kappa shape index (κ2) is 10.1. The third-order valence-electron chi connectivity index (χ3n) is 6.71. The molecule has 0 saturated heterocycles. The number of nitrogens with zero attached hydrogens (tertiary/aromatic N) is 4. The number of rotatable bonds is 6. The molecule has 0 aliphatic heterocycles. The fourth-order valence-corrected chi connectivity index (χ4v) is 9.79. The lowest BCUT2D eigenvalue weighted by molar-refractivity contribution is 1.28. The van der Waals surface area contributed by atoms with Crippen LogP contribution in [0.4, 0.5) is 0 Å². The highest BCUT2D eigenvalue weighted by Crippen LogP contribution is 2.19. The minimum atomic E-state index is -2.75. The van der Waals surface area contributed by atoms with Gasteiger partial charge in [0.15, 0.2) is 8.07 Å². The average Bonchev–Trinajstić information content (AvgIpc) is 3.00. The van der Waals surface area contributed by atoms with Gasteiger partial charge in [0.05, 0.1) is 11.4 Å². The molecule has 0 atom stereocenters. The van der Waals surface area contributed by atoms with Crippen LogP contribution in [0.2, 0.25) is 0 Å². The van der Waals surface area contributed by atoms with Crippen LogP contribution >= 0.6 is 0 Å². The summed E-state index contributed by atoms with van der Waals surface area (Å²) in [6.07, 6.45) is 11.2. The first-order valence-corrected chi connectivity index (χ1v) is 14.2. The summed E-state index contributed by atoms with van der Waals surface area (Å²) < 4.78 is 0. The SMILES string of the molecule is c1ccc([Si](c2ccccc2)(c2ccnc(-c3cccnc3)c2)c2ccnc(-c3cccnc3)c2)cc1. The topological polar surface area (TPSA) is 51.6 Å². The minimum absolute atomic E-state index is 0.913. The standard InChI is InChI=1S/C32H24N4Si/c1-3-11-27(12-4-1)37(28-13-5-2-6-14-28,29-15-19-35-31(21-29)25-9-7-17-33-23-25)30-16-20-36-32(22-30)26-10-8-18-34-24-26/h1-24H. The van der Waals surface area contributed by atoms with Crippen molar-refractivity contribution in [2.75, 3.05) is 0 Å². The molecular weight excluding hydrogens is 468 g/mol. The van der Waals surface area contributed by atoms with Crippen LogP contribution < -0.4 is 20.7 Å². The van der Waals surface area contributed by atoms with E-state index in [1.165, 1.54) is 20.7 Å². The number of aromatic nitrogens is 4. The summed E-state index contributed by atoms with van der Waals surface area (Å²) in [6, 6.07) is 38.6. The van der Waals surface area contributed by atoms with Crippen LogP contribution in [0.1, 0.15) is 0 Å². The van der Waals surface area contributed by atoms with E-state index in [9.17, 15) is 0 Å². The Morgan fingerprint density at radius 2 is 0.865 bits per heavy atom. The highest BCUT2D eigenvalue weighted by Gasteiger charge is 2.42. The molecule has 0 N–H and O–H groups in total. The monoisotopic (exact) mass is 492 g/mol. The Labute approximate surface area is 217 Å². The van der Waals surface area contributed by atoms with Crippen molar-refractivity contribution in [2.24, 2.45) is 0 Å². The number of benzene rings is 2. The van der Waals surface area contributed by atoms with Crippen LogP contribution in [-0.2, 0) is 0 Å². The molecule has 4 nitrogen and oxygen atoms in total. The van der Waals surface area contributed by atoms with Crippen molar-refractivity contribution in [1.29, 1.82) is 0 Å². The lowest BCUT2D eigenvalue weighted by Gasteiger charge is -2.34. The summed E-state index contributed by atoms with van der Waals surface area (Å²) in [5, 5.41) is 5.10. The molecule has 0 radical (unpaired) electrons. The normalized spacial score (nSPS) is 11.2. The molecule has 37 heavy (non-hydrogen) atoms. The van der Waals surface area contributed by atoms with E-state index in [-0.39, 0.29) is 0 Å². The van der Waals surface area contributed by atoms with Gasteiger partial charge in [0.2, 0.25) is 0 Å². The largest absolute Gasteiger partial charge is 0.264 e. The van der Waals surface area contributed by atoms with Crippen molar-refractivity contribution in [3.63, 3.8) is 0 Å². The van der Waals surface area contributed by atoms with E-state index in [1.807, 2.05) is 36.9 Å². The van der Waals surface area contributed by atoms with Gasteiger partial charge in [-0.15, -0.1) is 0 Å². The molecule has 4 heterocycles. The number of pyridine rings is 4. The van der Waals surface area contributed by atoms with Crippen LogP contribution in [0, 0.1) is 0 Å². The van der Waals surface area contributed by atoms with E-state index in [0.29, 0.717) is 0 Å². The molecule has 0 unspecified atom stereocenters. The second-order valence-electron chi connectivity index (χ2n) is 8.82. The quantitative estimate of drug-likeness (QED) is 0.330. The molecule has 2 aromatic carbocycles. The summed E-state index contributed by atoms with van der Waals surface area (Å²) in [4.78, 5) is 18.1. The first-order chi connectivity index (χ1) is 18.4. The molecule has 4 aromatic heterocycles. The highest BCUT2D eigenvalue weighted by molar-refractivity contribution is 7.19. The van der Waals surface area contributed by atoms with Gasteiger partial charge in [0.1, 0.15) is 0 Å². The van der Waals surface area contributed by atoms with Crippen LogP contribution in [0.3, 0.4) is 0 Å². The van der Waals surface area contributed by atoms with Gasteiger partial charge in [0.25, 0.3) is 0 Å². The molecular formula is C32H24N4Si. The molecule has 0 aliphatic carbocycles. The highest BCUT2D eigenvalue weighted by atomic mass is 28.3. The van der Waals surface area contributed by atoms with Crippen LogP contribution in [0.25, 0.3) is 22.5 Å². The third kappa shape index (κ3) is 4.26. The van der Waals surface area contributed by atoms with Gasteiger partial charge in [-0.2, -0.15) is 0 Å². The first-order valence-electron chi connectivity index (χ1n) is 12.2. The Morgan fingerprint density at radius 1 is 0.405 bits per heavy atom. The maximum Gasteiger partial charge on any atom is 0.179 e. The van der Waals surface area contributed by atoms with Gasteiger partial charge < -0.3 is 0 Å². The summed E-state index contributed by atoms with van der Waals surface area (Å²) in [5.74, 6) is 0. The predicted octanol–water partition coefficient (Wildman–Crippen LogP) is 3.98. The van der Waals surface area contributed by atoms with Gasteiger partial charge in [0, 0.05) is 48.3 Å². The second-order valence-corrected chi connectivity index (χ2v) is 12.6. The fourth-order valence-electron chi connectivity index (χ4n) is 5.05. The molecule has 0 aliphatic rings. The van der Waals surface area contributed by atoms with Crippen LogP contribution in [0.5, 0.6) is 0 Å². The number of hydrogen-bond donors (Lipinski definition) is 0. The van der Waals surface area contributed by atoms with Crippen molar-refractivity contribution in [2.45, 2.75) is 0 Å². The van der Waals surface area contributed by atoms with Gasteiger partial charge in [-0.1, -0.05) is 60.7 Å². The van der Waals surface area contributed by atoms with Gasteiger partial charge in [-0.3, -0.25) is 19.9 Å². The van der Waals surface area contributed by atoms with Crippen molar-refractivity contribution in [3.8, 4) is 22.5 Å². The summed E-state index contributed by atoms with van der Waals surface area (Å²) in [6.45, 7) is 0. The Morgan fingerprint density at radius 3 is 1.27 bits per heavy atom. The smallest absolute Gasteiger partial charge is 0.179 e. The lowest BCUT2D eigenvalue weighted by atomic mass is 10.2. The summed E-state index contributed by atoms with van der Waals surface area (Å²) >= 11 is 0. The van der Waals surface area contributed by atoms with Crippen LogP contribution in [0.15, 0.2) is 146 Å². The average molecular weight is 493 g/mol. The first kappa shape index (κ1) is 22.7. The zero-order valence-corrected chi connectivity index (χ0v) is 21.1. The Bertz CT molecular complexity index is 1480. The van der Waals surface area contributed by atoms with E-state index in [1.54, 1.807) is 12.4 Å². The Balaban J connectivity index is 1.68. The maximum atomic E-state index is 4.73. The zero-order chi connectivity index (χ0) is 24.9. The van der Waals surface area contributed by atoms with Crippen molar-refractivity contribution < 1.29 is 0 Å². The van der Waals surface area contributed by atoms with E-state index in [2.05, 4.69) is 107 Å². The molecule has 0 amide bonds. The molecule has 176 valence electrons. The zero-order valence-electron chi connectivity index (χ0n) is 20.1. The maximum absolute atomic E-state index is 4.73. The summed E-state index contributed by atoms with van der Waals surface area (Å²) in [5.41, 5.74) is 3.82. The van der Waals surface area contributed by atoms with E-state index < -0.39 is 8.07 Å². The molecule has 0 spiro atoms. The van der Waals surface area contributed by atoms with Crippen molar-refractivity contribution in [3.05, 3.63) is 146 Å². The molecule has 5 heteroatoms. The third-order valence-corrected chi connectivity index (χ3v) is 11.5. The molecule has 0 fully saturated rings. The molecule has 6 aromatic rings. The molecule has 6 rings (SSSR count). The van der Waals surface area contributed by atoms with Gasteiger partial charge in [-0.05, 0) is 69.3 Å². The van der Waals surface area contributed by atoms with E-state index in [0.717, 1.165) is 22.5 Å². The molecule has 0 bridgehead atoms. The van der Waals surface area contributed by atoms with Crippen molar-refractivity contribution in [1.82, 2.24) is 19.9 Å². The summed E-state index contributed by atoms with van der Waals surface area (Å²) in [7, 11) is -2.75. The van der Waals surface area contributed by atoms with Gasteiger partial charge in [-0.25, -0.2) is 0 Å². The fraction of sp³-hybridized carbons (Fsp3) is 0. The van der Waals surface area contributed by atoms with Crippen molar-refractivity contribution >= 4 is 28.8 Å².